The summed E-state index contributed by atoms with van der Waals surface area (Å²) in [4.78, 5) is 57.0. The van der Waals surface area contributed by atoms with Crippen LogP contribution in [0.4, 0.5) is 14.5 Å². The van der Waals surface area contributed by atoms with Gasteiger partial charge in [0, 0.05) is 26.2 Å². The van der Waals surface area contributed by atoms with Crippen LogP contribution in [0.25, 0.3) is 10.7 Å². The van der Waals surface area contributed by atoms with Crippen LogP contribution in [0, 0.1) is 5.92 Å². The first-order valence-corrected chi connectivity index (χ1v) is 12.6. The Bertz CT molecular complexity index is 1160. The van der Waals surface area contributed by atoms with Crippen LogP contribution in [0.15, 0.2) is 28.5 Å². The predicted molar refractivity (Wildman–Crippen MR) is 133 cm³/mol. The number of rotatable bonds is 11. The number of nitrogen functional groups attached to an aromatic ring is 1. The molecule has 0 bridgehead atoms. The van der Waals surface area contributed by atoms with E-state index in [4.69, 9.17) is 10.5 Å². The molecule has 14 heteroatoms. The van der Waals surface area contributed by atoms with Crippen molar-refractivity contribution in [3.8, 4) is 10.7 Å². The lowest BCUT2D eigenvalue weighted by Gasteiger charge is -2.27. The Morgan fingerprint density at radius 1 is 1.27 bits per heavy atom. The first kappa shape index (κ1) is 28.3. The third kappa shape index (κ3) is 6.96. The lowest BCUT2D eigenvalue weighted by molar-refractivity contribution is -0.161. The van der Waals surface area contributed by atoms with E-state index in [-0.39, 0.29) is 18.1 Å². The van der Waals surface area contributed by atoms with Crippen LogP contribution in [-0.2, 0) is 25.7 Å². The second-order valence-electron chi connectivity index (χ2n) is 8.84. The number of hydrogen-bond donors (Lipinski definition) is 3. The highest BCUT2D eigenvalue weighted by Gasteiger charge is 2.51. The predicted octanol–water partition coefficient (Wildman–Crippen LogP) is 0.348. The number of alkyl halides is 2. The molecule has 1 fully saturated rings. The molecule has 2 aromatic rings. The SMILES string of the molecule is CC(C)[C@H](NC(=O)Cn1c(-c2cccs2)ncc(N)c1=O)C(=O)C(F)(F)C(=O)NCCN1CCOCC1. The summed E-state index contributed by atoms with van der Waals surface area (Å²) in [7, 11) is 0. The Hall–Kier alpha value is -3.23. The highest BCUT2D eigenvalue weighted by Crippen LogP contribution is 2.23. The molecule has 0 radical (unpaired) electrons. The number of nitrogens with zero attached hydrogens (tertiary/aromatic N) is 3. The van der Waals surface area contributed by atoms with Crippen molar-refractivity contribution in [3.05, 3.63) is 34.1 Å². The lowest BCUT2D eigenvalue weighted by Crippen LogP contribution is -2.57. The van der Waals surface area contributed by atoms with Gasteiger partial charge in [0.05, 0.1) is 30.3 Å². The van der Waals surface area contributed by atoms with Gasteiger partial charge in [-0.2, -0.15) is 8.78 Å². The van der Waals surface area contributed by atoms with Crippen molar-refractivity contribution in [2.45, 2.75) is 32.4 Å². The maximum atomic E-state index is 14.8. The number of nitrogens with two attached hydrogens (primary N) is 1. The van der Waals surface area contributed by atoms with Crippen molar-refractivity contribution in [1.82, 2.24) is 25.1 Å². The third-order valence-corrected chi connectivity index (χ3v) is 6.66. The van der Waals surface area contributed by atoms with Gasteiger partial charge in [-0.15, -0.1) is 11.3 Å². The van der Waals surface area contributed by atoms with E-state index in [1.807, 2.05) is 4.90 Å². The lowest BCUT2D eigenvalue weighted by atomic mass is 9.95. The number of nitrogens with one attached hydrogen (secondary N) is 2. The molecule has 1 atom stereocenters. The summed E-state index contributed by atoms with van der Waals surface area (Å²) >= 11 is 1.28. The largest absolute Gasteiger partial charge is 0.393 e. The maximum absolute atomic E-state index is 14.8. The molecule has 0 aromatic carbocycles. The summed E-state index contributed by atoms with van der Waals surface area (Å²) in [6.45, 7) is 4.84. The zero-order valence-electron chi connectivity index (χ0n) is 20.5. The number of ether oxygens (including phenoxy) is 1. The average Bonchev–Trinajstić information content (AvgIpc) is 3.40. The quantitative estimate of drug-likeness (QED) is 0.346. The number of aromatic nitrogens is 2. The van der Waals surface area contributed by atoms with Crippen molar-refractivity contribution >= 4 is 34.6 Å². The number of Topliss-reactive ketones (excluding diaryl/α,β-unsaturated/α-hetero) is 1. The van der Waals surface area contributed by atoms with E-state index in [0.29, 0.717) is 37.7 Å². The summed E-state index contributed by atoms with van der Waals surface area (Å²) in [5.74, 6) is -9.33. The molecule has 4 N–H and O–H groups in total. The molecule has 11 nitrogen and oxygen atoms in total. The molecule has 0 aliphatic carbocycles. The van der Waals surface area contributed by atoms with Crippen LogP contribution in [0.3, 0.4) is 0 Å². The molecular formula is C23H30F2N6O5S. The van der Waals surface area contributed by atoms with Crippen molar-refractivity contribution in [2.24, 2.45) is 5.92 Å². The topological polar surface area (TPSA) is 149 Å². The smallest absolute Gasteiger partial charge is 0.383 e. The second-order valence-corrected chi connectivity index (χ2v) is 9.79. The number of morpholine rings is 1. The number of amides is 2. The first-order valence-electron chi connectivity index (χ1n) is 11.7. The number of hydrogen-bond acceptors (Lipinski definition) is 9. The summed E-state index contributed by atoms with van der Waals surface area (Å²) in [5.41, 5.74) is 4.77. The first-order chi connectivity index (χ1) is 17.5. The van der Waals surface area contributed by atoms with Gasteiger partial charge in [0.2, 0.25) is 11.7 Å². The average molecular weight is 541 g/mol. The van der Waals surface area contributed by atoms with Gasteiger partial charge in [0.25, 0.3) is 11.5 Å². The van der Waals surface area contributed by atoms with Crippen molar-refractivity contribution in [2.75, 3.05) is 45.1 Å². The van der Waals surface area contributed by atoms with Gasteiger partial charge in [0.15, 0.2) is 5.82 Å². The molecule has 3 rings (SSSR count). The van der Waals surface area contributed by atoms with Gasteiger partial charge < -0.3 is 21.1 Å². The van der Waals surface area contributed by atoms with Crippen LogP contribution in [0.2, 0.25) is 0 Å². The molecule has 3 heterocycles. The molecule has 202 valence electrons. The number of thiophene rings is 1. The number of anilines is 1. The molecule has 0 unspecified atom stereocenters. The monoisotopic (exact) mass is 540 g/mol. The number of ketones is 1. The van der Waals surface area contributed by atoms with Gasteiger partial charge in [0.1, 0.15) is 12.2 Å². The van der Waals surface area contributed by atoms with E-state index >= 15 is 0 Å². The minimum atomic E-state index is -4.37. The third-order valence-electron chi connectivity index (χ3n) is 5.79. The molecule has 1 aliphatic rings. The summed E-state index contributed by atoms with van der Waals surface area (Å²) in [5, 5.41) is 6.11. The minimum absolute atomic E-state index is 0.0722. The Labute approximate surface area is 216 Å². The molecule has 2 amide bonds. The Balaban J connectivity index is 1.68. The fourth-order valence-electron chi connectivity index (χ4n) is 3.72. The highest BCUT2D eigenvalue weighted by atomic mass is 32.1. The Morgan fingerprint density at radius 2 is 1.97 bits per heavy atom. The van der Waals surface area contributed by atoms with Crippen LogP contribution < -0.4 is 21.9 Å². The maximum Gasteiger partial charge on any atom is 0.383 e. The van der Waals surface area contributed by atoms with Crippen LogP contribution in [-0.4, -0.2) is 83.4 Å². The Morgan fingerprint density at radius 3 is 2.59 bits per heavy atom. The second kappa shape index (κ2) is 12.3. The van der Waals surface area contributed by atoms with E-state index in [1.54, 1.807) is 17.5 Å². The van der Waals surface area contributed by atoms with Crippen LogP contribution in [0.1, 0.15) is 13.8 Å². The van der Waals surface area contributed by atoms with Crippen molar-refractivity contribution < 1.29 is 27.9 Å². The molecule has 2 aromatic heterocycles. The zero-order valence-corrected chi connectivity index (χ0v) is 21.4. The van der Waals surface area contributed by atoms with Crippen LogP contribution in [0.5, 0.6) is 0 Å². The minimum Gasteiger partial charge on any atom is -0.393 e. The van der Waals surface area contributed by atoms with E-state index in [0.717, 1.165) is 4.57 Å². The van der Waals surface area contributed by atoms with Gasteiger partial charge in [-0.3, -0.25) is 28.6 Å². The molecule has 1 aliphatic heterocycles. The number of carbonyl (C=O) groups excluding carboxylic acids is 3. The Kier molecular flexibility index (Phi) is 9.45. The fraction of sp³-hybridized carbons (Fsp3) is 0.522. The van der Waals surface area contributed by atoms with E-state index in [2.05, 4.69) is 15.6 Å². The molecule has 0 spiro atoms. The van der Waals surface area contributed by atoms with E-state index in [1.165, 1.54) is 31.4 Å². The highest BCUT2D eigenvalue weighted by molar-refractivity contribution is 7.13. The number of halogens is 2. The van der Waals surface area contributed by atoms with Gasteiger partial charge >= 0.3 is 5.92 Å². The van der Waals surface area contributed by atoms with Crippen molar-refractivity contribution in [3.63, 3.8) is 0 Å². The van der Waals surface area contributed by atoms with E-state index in [9.17, 15) is 28.0 Å². The van der Waals surface area contributed by atoms with Gasteiger partial charge in [-0.05, 0) is 17.4 Å². The normalized spacial score (nSPS) is 15.4. The van der Waals surface area contributed by atoms with Gasteiger partial charge in [-0.1, -0.05) is 19.9 Å². The summed E-state index contributed by atoms with van der Waals surface area (Å²) in [6.07, 6.45) is 1.17. The summed E-state index contributed by atoms with van der Waals surface area (Å²) in [6, 6.07) is 1.74. The van der Waals surface area contributed by atoms with Crippen LogP contribution >= 0.6 is 11.3 Å². The standard InChI is InChI=1S/C23H30F2N6O5S/c1-14(2)18(19(33)23(24,25)22(35)27-5-6-30-7-9-36-10-8-30)29-17(32)13-31-20(16-4-3-11-37-16)28-12-15(26)21(31)34/h3-4,11-12,14,18H,5-10,13,26H2,1-2H3,(H,27,35)(H,29,32)/t18-/m0/s1. The number of carbonyl (C=O) groups is 3. The molecule has 37 heavy (non-hydrogen) atoms. The molecule has 0 saturated carbocycles. The van der Waals surface area contributed by atoms with Gasteiger partial charge in [-0.25, -0.2) is 4.98 Å². The molecule has 1 saturated heterocycles. The molecular weight excluding hydrogens is 510 g/mol. The summed E-state index contributed by atoms with van der Waals surface area (Å²) < 4.78 is 35.8. The fourth-order valence-corrected chi connectivity index (χ4v) is 4.45. The van der Waals surface area contributed by atoms with Crippen molar-refractivity contribution in [1.29, 1.82) is 0 Å². The van der Waals surface area contributed by atoms with E-state index < -0.39 is 47.6 Å². The zero-order chi connectivity index (χ0) is 27.2.